The van der Waals surface area contributed by atoms with E-state index in [1.807, 2.05) is 6.07 Å². The fourth-order valence-corrected chi connectivity index (χ4v) is 4.93. The van der Waals surface area contributed by atoms with E-state index in [4.69, 9.17) is 5.11 Å². The number of carbonyl (C=O) groups excluding carboxylic acids is 1. The van der Waals surface area contributed by atoms with E-state index in [0.717, 1.165) is 31.6 Å². The molecular weight excluding hydrogens is 314 g/mol. The normalized spacial score (nSPS) is 27.4. The molecule has 0 spiro atoms. The highest BCUT2D eigenvalue weighted by Crippen LogP contribution is 2.57. The molecule has 2 N–H and O–H groups in total. The number of carboxylic acid groups (broad SMARTS) is 1. The number of rotatable bonds is 9. The molecule has 4 nitrogen and oxygen atoms in total. The first-order valence-electron chi connectivity index (χ1n) is 9.64. The molecule has 0 radical (unpaired) electrons. The number of fused-ring (bicyclic) bond motifs is 2. The molecule has 0 aliphatic heterocycles. The van der Waals surface area contributed by atoms with E-state index in [9.17, 15) is 9.59 Å². The Hall–Kier alpha value is -1.84. The lowest BCUT2D eigenvalue weighted by Crippen LogP contribution is -2.46. The number of amides is 1. The molecular formula is C21H29NO3. The summed E-state index contributed by atoms with van der Waals surface area (Å²) in [5.41, 5.74) is 1.03. The molecule has 0 aromatic heterocycles. The van der Waals surface area contributed by atoms with E-state index in [-0.39, 0.29) is 17.7 Å². The monoisotopic (exact) mass is 343 g/mol. The second-order valence-electron chi connectivity index (χ2n) is 7.86. The number of carbonyl (C=O) groups is 2. The Kier molecular flexibility index (Phi) is 5.77. The first kappa shape index (κ1) is 18.0. The molecule has 25 heavy (non-hydrogen) atoms. The maximum Gasteiger partial charge on any atom is 0.303 e. The van der Waals surface area contributed by atoms with Gasteiger partial charge >= 0.3 is 5.97 Å². The van der Waals surface area contributed by atoms with Crippen LogP contribution in [-0.4, -0.2) is 23.5 Å². The third kappa shape index (κ3) is 4.23. The number of unbranched alkanes of at least 4 members (excludes halogenated alkanes) is 2. The lowest BCUT2D eigenvalue weighted by molar-refractivity contribution is -0.137. The molecule has 2 aliphatic rings. The number of hydrogen-bond acceptors (Lipinski definition) is 2. The SMILES string of the molecule is O=C(O)CCCCCNC(=O)C1(Cc2ccccc2)CC2CCC1C2. The van der Waals surface area contributed by atoms with Crippen molar-refractivity contribution >= 4 is 11.9 Å². The molecule has 3 rings (SSSR count). The average Bonchev–Trinajstić information content (AvgIpc) is 3.20. The Bertz CT molecular complexity index is 600. The van der Waals surface area contributed by atoms with Crippen molar-refractivity contribution in [2.24, 2.45) is 17.3 Å². The van der Waals surface area contributed by atoms with Crippen molar-refractivity contribution in [1.29, 1.82) is 0 Å². The third-order valence-electron chi connectivity index (χ3n) is 6.14. The summed E-state index contributed by atoms with van der Waals surface area (Å²) in [6, 6.07) is 10.4. The largest absolute Gasteiger partial charge is 0.481 e. The Morgan fingerprint density at radius 3 is 2.56 bits per heavy atom. The molecule has 136 valence electrons. The van der Waals surface area contributed by atoms with Crippen LogP contribution in [-0.2, 0) is 16.0 Å². The predicted molar refractivity (Wildman–Crippen MR) is 97.1 cm³/mol. The summed E-state index contributed by atoms with van der Waals surface area (Å²) in [4.78, 5) is 23.6. The minimum absolute atomic E-state index is 0.218. The average molecular weight is 343 g/mol. The van der Waals surface area contributed by atoms with Gasteiger partial charge in [-0.3, -0.25) is 9.59 Å². The first-order chi connectivity index (χ1) is 12.1. The van der Waals surface area contributed by atoms with E-state index in [1.54, 1.807) is 0 Å². The van der Waals surface area contributed by atoms with Gasteiger partial charge in [0.15, 0.2) is 0 Å². The van der Waals surface area contributed by atoms with Crippen LogP contribution in [0.15, 0.2) is 30.3 Å². The fraction of sp³-hybridized carbons (Fsp3) is 0.619. The molecule has 2 aliphatic carbocycles. The maximum atomic E-state index is 13.1. The highest BCUT2D eigenvalue weighted by atomic mass is 16.4. The Balaban J connectivity index is 1.56. The summed E-state index contributed by atoms with van der Waals surface area (Å²) in [6.07, 6.45) is 8.16. The van der Waals surface area contributed by atoms with Gasteiger partial charge in [0.05, 0.1) is 5.41 Å². The molecule has 2 saturated carbocycles. The van der Waals surface area contributed by atoms with Crippen molar-refractivity contribution in [3.05, 3.63) is 35.9 Å². The van der Waals surface area contributed by atoms with Gasteiger partial charge in [-0.2, -0.15) is 0 Å². The highest BCUT2D eigenvalue weighted by molar-refractivity contribution is 5.84. The zero-order valence-corrected chi connectivity index (χ0v) is 14.9. The van der Waals surface area contributed by atoms with Crippen molar-refractivity contribution in [3.63, 3.8) is 0 Å². The number of carboxylic acids is 1. The predicted octanol–water partition coefficient (Wildman–Crippen LogP) is 3.80. The van der Waals surface area contributed by atoms with Crippen molar-refractivity contribution in [2.75, 3.05) is 6.54 Å². The third-order valence-corrected chi connectivity index (χ3v) is 6.14. The molecule has 2 bridgehead atoms. The van der Waals surface area contributed by atoms with Crippen LogP contribution in [0, 0.1) is 17.3 Å². The van der Waals surface area contributed by atoms with Crippen LogP contribution in [0.4, 0.5) is 0 Å². The van der Waals surface area contributed by atoms with Gasteiger partial charge in [-0.25, -0.2) is 0 Å². The molecule has 3 unspecified atom stereocenters. The summed E-state index contributed by atoms with van der Waals surface area (Å²) in [5, 5.41) is 11.8. The Morgan fingerprint density at radius 1 is 1.12 bits per heavy atom. The van der Waals surface area contributed by atoms with Crippen LogP contribution in [0.25, 0.3) is 0 Å². The maximum absolute atomic E-state index is 13.1. The second-order valence-corrected chi connectivity index (χ2v) is 7.86. The lowest BCUT2D eigenvalue weighted by Gasteiger charge is -2.36. The lowest BCUT2D eigenvalue weighted by atomic mass is 9.68. The van der Waals surface area contributed by atoms with Crippen LogP contribution < -0.4 is 5.32 Å². The van der Waals surface area contributed by atoms with Crippen LogP contribution in [0.5, 0.6) is 0 Å². The summed E-state index contributed by atoms with van der Waals surface area (Å²) in [7, 11) is 0. The van der Waals surface area contributed by atoms with Gasteiger partial charge in [0, 0.05) is 13.0 Å². The van der Waals surface area contributed by atoms with E-state index >= 15 is 0 Å². The molecule has 3 atom stereocenters. The van der Waals surface area contributed by atoms with Crippen molar-refractivity contribution in [1.82, 2.24) is 5.32 Å². The summed E-state index contributed by atoms with van der Waals surface area (Å²) in [6.45, 7) is 0.659. The molecule has 2 fully saturated rings. The van der Waals surface area contributed by atoms with E-state index in [0.29, 0.717) is 18.9 Å². The van der Waals surface area contributed by atoms with Crippen LogP contribution in [0.1, 0.15) is 56.9 Å². The van der Waals surface area contributed by atoms with Gasteiger partial charge < -0.3 is 10.4 Å². The summed E-state index contributed by atoms with van der Waals surface area (Å²) < 4.78 is 0. The minimum Gasteiger partial charge on any atom is -0.481 e. The topological polar surface area (TPSA) is 66.4 Å². The zero-order valence-electron chi connectivity index (χ0n) is 14.9. The van der Waals surface area contributed by atoms with Gasteiger partial charge in [0.2, 0.25) is 5.91 Å². The van der Waals surface area contributed by atoms with Gasteiger partial charge in [-0.15, -0.1) is 0 Å². The smallest absolute Gasteiger partial charge is 0.303 e. The second kappa shape index (κ2) is 8.03. The number of hydrogen-bond donors (Lipinski definition) is 2. The Morgan fingerprint density at radius 2 is 1.92 bits per heavy atom. The molecule has 1 aromatic rings. The molecule has 1 amide bonds. The van der Waals surface area contributed by atoms with Gasteiger partial charge in [0.1, 0.15) is 0 Å². The zero-order chi connectivity index (χ0) is 17.7. The van der Waals surface area contributed by atoms with Gasteiger partial charge in [-0.1, -0.05) is 43.2 Å². The quantitative estimate of drug-likeness (QED) is 0.670. The van der Waals surface area contributed by atoms with Crippen LogP contribution in [0.3, 0.4) is 0 Å². The number of nitrogens with one attached hydrogen (secondary N) is 1. The van der Waals surface area contributed by atoms with E-state index < -0.39 is 5.97 Å². The summed E-state index contributed by atoms with van der Waals surface area (Å²) >= 11 is 0. The number of benzene rings is 1. The number of aliphatic carboxylic acids is 1. The highest BCUT2D eigenvalue weighted by Gasteiger charge is 2.55. The van der Waals surface area contributed by atoms with Crippen LogP contribution in [0.2, 0.25) is 0 Å². The Labute approximate surface area is 150 Å². The first-order valence-corrected chi connectivity index (χ1v) is 9.64. The van der Waals surface area contributed by atoms with Crippen LogP contribution >= 0.6 is 0 Å². The van der Waals surface area contributed by atoms with Crippen molar-refractivity contribution in [2.45, 2.75) is 57.8 Å². The van der Waals surface area contributed by atoms with E-state index in [1.165, 1.54) is 24.8 Å². The molecule has 4 heteroatoms. The molecule has 0 heterocycles. The van der Waals surface area contributed by atoms with Gasteiger partial charge in [0.25, 0.3) is 0 Å². The van der Waals surface area contributed by atoms with Gasteiger partial charge in [-0.05, 0) is 55.9 Å². The fourth-order valence-electron chi connectivity index (χ4n) is 4.93. The molecule has 1 aromatic carbocycles. The van der Waals surface area contributed by atoms with Crippen molar-refractivity contribution in [3.8, 4) is 0 Å². The summed E-state index contributed by atoms with van der Waals surface area (Å²) in [5.74, 6) is 0.717. The minimum atomic E-state index is -0.743. The van der Waals surface area contributed by atoms with Crippen molar-refractivity contribution < 1.29 is 14.7 Å². The van der Waals surface area contributed by atoms with E-state index in [2.05, 4.69) is 29.6 Å². The standard InChI is InChI=1S/C21H29NO3/c23-19(24)9-5-2-6-12-22-20(25)21(14-16-7-3-1-4-8-16)15-17-10-11-18(21)13-17/h1,3-4,7-8,17-18H,2,5-6,9-15H2,(H,22,25)(H,23,24). The molecule has 0 saturated heterocycles.